The first-order valence-corrected chi connectivity index (χ1v) is 7.38. The maximum absolute atomic E-state index is 10.4. The number of aliphatic hydroxyl groups is 1. The van der Waals surface area contributed by atoms with Crippen molar-refractivity contribution < 1.29 is 9.84 Å². The standard InChI is InChI=1S/C16H18BrNO2/c1-3-11-4-5-12(18-10-11)8-16(19)14-9-13(20-2)6-7-15(14)17/h4-7,9-10,16,19H,3,8H2,1-2H3. The van der Waals surface area contributed by atoms with Crippen LogP contribution in [0.25, 0.3) is 0 Å². The second-order valence-corrected chi connectivity index (χ2v) is 5.47. The van der Waals surface area contributed by atoms with Crippen molar-refractivity contribution in [3.63, 3.8) is 0 Å². The monoisotopic (exact) mass is 335 g/mol. The minimum atomic E-state index is -0.612. The Morgan fingerprint density at radius 2 is 2.10 bits per heavy atom. The number of nitrogens with zero attached hydrogens (tertiary/aromatic N) is 1. The van der Waals surface area contributed by atoms with Gasteiger partial charge in [0.25, 0.3) is 0 Å². The number of aromatic nitrogens is 1. The van der Waals surface area contributed by atoms with Gasteiger partial charge in [-0.15, -0.1) is 0 Å². The molecule has 0 saturated carbocycles. The van der Waals surface area contributed by atoms with Crippen LogP contribution < -0.4 is 4.74 Å². The number of ether oxygens (including phenoxy) is 1. The number of pyridine rings is 1. The van der Waals surface area contributed by atoms with Crippen molar-refractivity contribution in [2.45, 2.75) is 25.9 Å². The molecule has 1 unspecified atom stereocenters. The third-order valence-electron chi connectivity index (χ3n) is 3.26. The first kappa shape index (κ1) is 15.0. The van der Waals surface area contributed by atoms with E-state index < -0.39 is 6.10 Å². The van der Waals surface area contributed by atoms with Gasteiger partial charge in [-0.05, 0) is 41.8 Å². The van der Waals surface area contributed by atoms with Gasteiger partial charge in [-0.3, -0.25) is 4.98 Å². The number of aryl methyl sites for hydroxylation is 1. The Bertz CT molecular complexity index is 569. The van der Waals surface area contributed by atoms with Crippen molar-refractivity contribution in [3.05, 3.63) is 57.8 Å². The largest absolute Gasteiger partial charge is 0.497 e. The lowest BCUT2D eigenvalue weighted by molar-refractivity contribution is 0.176. The molecule has 3 nitrogen and oxygen atoms in total. The van der Waals surface area contributed by atoms with Crippen LogP contribution in [0.15, 0.2) is 41.0 Å². The molecule has 0 saturated heterocycles. The van der Waals surface area contributed by atoms with E-state index in [2.05, 4.69) is 33.9 Å². The fourth-order valence-electron chi connectivity index (χ4n) is 2.00. The molecule has 0 amide bonds. The predicted molar refractivity (Wildman–Crippen MR) is 83.0 cm³/mol. The minimum Gasteiger partial charge on any atom is -0.497 e. The Kier molecular flexibility index (Phi) is 5.15. The van der Waals surface area contributed by atoms with Gasteiger partial charge in [0.05, 0.1) is 13.2 Å². The van der Waals surface area contributed by atoms with Crippen LogP contribution in [0.4, 0.5) is 0 Å². The second kappa shape index (κ2) is 6.86. The Balaban J connectivity index is 2.16. The van der Waals surface area contributed by atoms with Gasteiger partial charge in [-0.25, -0.2) is 0 Å². The van der Waals surface area contributed by atoms with Gasteiger partial charge in [0.1, 0.15) is 5.75 Å². The molecule has 1 aromatic carbocycles. The zero-order valence-electron chi connectivity index (χ0n) is 11.6. The summed E-state index contributed by atoms with van der Waals surface area (Å²) in [5.41, 5.74) is 2.89. The van der Waals surface area contributed by atoms with E-state index in [1.54, 1.807) is 7.11 Å². The summed E-state index contributed by atoms with van der Waals surface area (Å²) in [6.45, 7) is 2.10. The molecule has 0 aliphatic heterocycles. The number of aliphatic hydroxyl groups excluding tert-OH is 1. The highest BCUT2D eigenvalue weighted by Crippen LogP contribution is 2.29. The molecule has 0 radical (unpaired) electrons. The van der Waals surface area contributed by atoms with Crippen LogP contribution >= 0.6 is 15.9 Å². The molecule has 1 aromatic heterocycles. The van der Waals surface area contributed by atoms with Gasteiger partial charge >= 0.3 is 0 Å². The maximum Gasteiger partial charge on any atom is 0.119 e. The van der Waals surface area contributed by atoms with Gasteiger partial charge in [-0.2, -0.15) is 0 Å². The zero-order chi connectivity index (χ0) is 14.5. The third kappa shape index (κ3) is 3.58. The molecule has 106 valence electrons. The molecule has 0 fully saturated rings. The van der Waals surface area contributed by atoms with E-state index in [1.807, 2.05) is 30.5 Å². The zero-order valence-corrected chi connectivity index (χ0v) is 13.2. The quantitative estimate of drug-likeness (QED) is 0.905. The van der Waals surface area contributed by atoms with Crippen molar-refractivity contribution >= 4 is 15.9 Å². The summed E-state index contributed by atoms with van der Waals surface area (Å²) in [7, 11) is 1.62. The third-order valence-corrected chi connectivity index (χ3v) is 3.98. The summed E-state index contributed by atoms with van der Waals surface area (Å²) < 4.78 is 6.06. The number of halogens is 1. The number of rotatable bonds is 5. The minimum absolute atomic E-state index is 0.482. The van der Waals surface area contributed by atoms with Gasteiger partial charge < -0.3 is 9.84 Å². The highest BCUT2D eigenvalue weighted by Gasteiger charge is 2.14. The molecular weight excluding hydrogens is 318 g/mol. The molecule has 20 heavy (non-hydrogen) atoms. The first-order chi connectivity index (χ1) is 9.63. The predicted octanol–water partition coefficient (Wildman–Crippen LogP) is 3.69. The summed E-state index contributed by atoms with van der Waals surface area (Å²) in [6, 6.07) is 9.60. The van der Waals surface area contributed by atoms with E-state index in [0.717, 1.165) is 27.9 Å². The van der Waals surface area contributed by atoms with Gasteiger partial charge in [0, 0.05) is 22.8 Å². The van der Waals surface area contributed by atoms with Crippen LogP contribution in [0.3, 0.4) is 0 Å². The van der Waals surface area contributed by atoms with E-state index in [9.17, 15) is 5.11 Å². The first-order valence-electron chi connectivity index (χ1n) is 6.59. The summed E-state index contributed by atoms with van der Waals surface area (Å²) in [4.78, 5) is 4.38. The summed E-state index contributed by atoms with van der Waals surface area (Å²) in [5, 5.41) is 10.4. The van der Waals surface area contributed by atoms with Crippen LogP contribution in [0.5, 0.6) is 5.75 Å². The van der Waals surface area contributed by atoms with Crippen LogP contribution in [-0.2, 0) is 12.8 Å². The molecule has 1 N–H and O–H groups in total. The van der Waals surface area contributed by atoms with Crippen molar-refractivity contribution in [1.29, 1.82) is 0 Å². The van der Waals surface area contributed by atoms with Crippen LogP contribution in [-0.4, -0.2) is 17.2 Å². The van der Waals surface area contributed by atoms with E-state index in [1.165, 1.54) is 5.56 Å². The number of hydrogen-bond donors (Lipinski definition) is 1. The molecule has 0 bridgehead atoms. The number of hydrogen-bond acceptors (Lipinski definition) is 3. The van der Waals surface area contributed by atoms with Crippen LogP contribution in [0.2, 0.25) is 0 Å². The lowest BCUT2D eigenvalue weighted by Gasteiger charge is -2.14. The second-order valence-electron chi connectivity index (χ2n) is 4.62. The topological polar surface area (TPSA) is 42.4 Å². The average Bonchev–Trinajstić information content (AvgIpc) is 2.48. The number of methoxy groups -OCH3 is 1. The number of benzene rings is 1. The highest BCUT2D eigenvalue weighted by molar-refractivity contribution is 9.10. The maximum atomic E-state index is 10.4. The molecule has 1 heterocycles. The normalized spacial score (nSPS) is 12.2. The molecule has 0 aliphatic carbocycles. The van der Waals surface area contributed by atoms with Gasteiger partial charge in [0.15, 0.2) is 0 Å². The molecular formula is C16H18BrNO2. The van der Waals surface area contributed by atoms with Gasteiger partial charge in [-0.1, -0.05) is 28.9 Å². The Morgan fingerprint density at radius 3 is 2.70 bits per heavy atom. The summed E-state index contributed by atoms with van der Waals surface area (Å²) in [5.74, 6) is 0.733. The molecule has 2 aromatic rings. The van der Waals surface area contributed by atoms with Crippen molar-refractivity contribution in [1.82, 2.24) is 4.98 Å². The fourth-order valence-corrected chi connectivity index (χ4v) is 2.51. The molecule has 4 heteroatoms. The Morgan fingerprint density at radius 1 is 1.30 bits per heavy atom. The van der Waals surface area contributed by atoms with Crippen molar-refractivity contribution in [3.8, 4) is 5.75 Å². The summed E-state index contributed by atoms with van der Waals surface area (Å²) >= 11 is 3.46. The van der Waals surface area contributed by atoms with Crippen LogP contribution in [0.1, 0.15) is 29.8 Å². The van der Waals surface area contributed by atoms with Crippen molar-refractivity contribution in [2.75, 3.05) is 7.11 Å². The smallest absolute Gasteiger partial charge is 0.119 e. The Hall–Kier alpha value is -1.39. The van der Waals surface area contributed by atoms with Crippen LogP contribution in [0, 0.1) is 0 Å². The Labute approximate surface area is 127 Å². The summed E-state index contributed by atoms with van der Waals surface area (Å²) in [6.07, 6.45) is 2.70. The molecule has 0 spiro atoms. The molecule has 2 rings (SSSR count). The van der Waals surface area contributed by atoms with Crippen molar-refractivity contribution in [2.24, 2.45) is 0 Å². The van der Waals surface area contributed by atoms with E-state index in [0.29, 0.717) is 6.42 Å². The van der Waals surface area contributed by atoms with E-state index >= 15 is 0 Å². The van der Waals surface area contributed by atoms with E-state index in [4.69, 9.17) is 4.74 Å². The van der Waals surface area contributed by atoms with E-state index in [-0.39, 0.29) is 0 Å². The fraction of sp³-hybridized carbons (Fsp3) is 0.312. The lowest BCUT2D eigenvalue weighted by Crippen LogP contribution is -2.05. The average molecular weight is 336 g/mol. The lowest BCUT2D eigenvalue weighted by atomic mass is 10.0. The molecule has 0 aliphatic rings. The van der Waals surface area contributed by atoms with Gasteiger partial charge in [0.2, 0.25) is 0 Å². The molecule has 1 atom stereocenters. The highest BCUT2D eigenvalue weighted by atomic mass is 79.9. The SMILES string of the molecule is CCc1ccc(CC(O)c2cc(OC)ccc2Br)nc1.